The molecule has 0 saturated heterocycles. The number of para-hydroxylation sites is 1. The number of nitrogens with one attached hydrogen (secondary N) is 4. The van der Waals surface area contributed by atoms with Crippen LogP contribution < -0.4 is 21.3 Å². The summed E-state index contributed by atoms with van der Waals surface area (Å²) in [5.41, 5.74) is 3.46. The Labute approximate surface area is 180 Å². The van der Waals surface area contributed by atoms with Gasteiger partial charge < -0.3 is 21.3 Å². The minimum absolute atomic E-state index is 0.150. The molecule has 0 fully saturated rings. The van der Waals surface area contributed by atoms with E-state index in [9.17, 15) is 14.4 Å². The Kier molecular flexibility index (Phi) is 7.37. The van der Waals surface area contributed by atoms with Crippen LogP contribution in [0.2, 0.25) is 0 Å². The van der Waals surface area contributed by atoms with Crippen molar-refractivity contribution in [1.82, 2.24) is 5.32 Å². The third kappa shape index (κ3) is 7.01. The van der Waals surface area contributed by atoms with Gasteiger partial charge in [0.25, 0.3) is 5.91 Å². The van der Waals surface area contributed by atoms with Gasteiger partial charge in [-0.15, -0.1) is 0 Å². The average Bonchev–Trinajstić information content (AvgIpc) is 2.75. The largest absolute Gasteiger partial charge is 0.352 e. The molecule has 3 aromatic carbocycles. The van der Waals surface area contributed by atoms with Crippen LogP contribution in [0.15, 0.2) is 78.9 Å². The normalized spacial score (nSPS) is 10.1. The summed E-state index contributed by atoms with van der Waals surface area (Å²) in [4.78, 5) is 36.2. The average molecular weight is 416 g/mol. The van der Waals surface area contributed by atoms with Gasteiger partial charge in [0.1, 0.15) is 0 Å². The summed E-state index contributed by atoms with van der Waals surface area (Å²) in [6, 6.07) is 22.8. The summed E-state index contributed by atoms with van der Waals surface area (Å²) >= 11 is 0. The van der Waals surface area contributed by atoms with Gasteiger partial charge in [-0.1, -0.05) is 35.9 Å². The van der Waals surface area contributed by atoms with Gasteiger partial charge in [-0.25, -0.2) is 4.79 Å². The van der Waals surface area contributed by atoms with Crippen LogP contribution in [0.25, 0.3) is 0 Å². The highest BCUT2D eigenvalue weighted by Crippen LogP contribution is 2.14. The van der Waals surface area contributed by atoms with E-state index in [1.54, 1.807) is 48.5 Å². The third-order valence-corrected chi connectivity index (χ3v) is 4.38. The molecule has 0 aliphatic rings. The molecule has 158 valence electrons. The van der Waals surface area contributed by atoms with Crippen molar-refractivity contribution in [1.29, 1.82) is 0 Å². The van der Waals surface area contributed by atoms with Crippen molar-refractivity contribution in [3.05, 3.63) is 90.0 Å². The van der Waals surface area contributed by atoms with Gasteiger partial charge in [0.05, 0.1) is 0 Å². The van der Waals surface area contributed by atoms with E-state index in [0.717, 1.165) is 5.56 Å². The van der Waals surface area contributed by atoms with Crippen LogP contribution in [0.1, 0.15) is 22.3 Å². The van der Waals surface area contributed by atoms with Gasteiger partial charge in [0.2, 0.25) is 5.91 Å². The zero-order valence-electron chi connectivity index (χ0n) is 17.1. The van der Waals surface area contributed by atoms with E-state index in [-0.39, 0.29) is 30.8 Å². The molecule has 7 nitrogen and oxygen atoms in total. The first-order valence-electron chi connectivity index (χ1n) is 9.87. The van der Waals surface area contributed by atoms with Crippen molar-refractivity contribution >= 4 is 34.9 Å². The SMILES string of the molecule is Cc1cccc(C(=O)NCCC(=O)Nc2ccc(NC(=O)Nc3ccccc3)cc2)c1. The Balaban J connectivity index is 1.41. The summed E-state index contributed by atoms with van der Waals surface area (Å²) in [5, 5.41) is 11.0. The number of hydrogen-bond acceptors (Lipinski definition) is 3. The zero-order valence-corrected chi connectivity index (χ0v) is 17.1. The molecule has 3 rings (SSSR count). The van der Waals surface area contributed by atoms with E-state index in [0.29, 0.717) is 22.6 Å². The van der Waals surface area contributed by atoms with Crippen LogP contribution in [-0.4, -0.2) is 24.4 Å². The van der Waals surface area contributed by atoms with Gasteiger partial charge in [-0.3, -0.25) is 9.59 Å². The highest BCUT2D eigenvalue weighted by molar-refractivity contribution is 6.00. The van der Waals surface area contributed by atoms with E-state index in [1.165, 1.54) is 0 Å². The molecule has 31 heavy (non-hydrogen) atoms. The van der Waals surface area contributed by atoms with Crippen LogP contribution in [-0.2, 0) is 4.79 Å². The summed E-state index contributed by atoms with van der Waals surface area (Å²) in [6.07, 6.45) is 0.150. The number of benzene rings is 3. The molecule has 0 bridgehead atoms. The minimum Gasteiger partial charge on any atom is -0.352 e. The van der Waals surface area contributed by atoms with E-state index in [2.05, 4.69) is 21.3 Å². The molecule has 0 aliphatic heterocycles. The maximum absolute atomic E-state index is 12.1. The number of anilines is 3. The third-order valence-electron chi connectivity index (χ3n) is 4.38. The standard InChI is InChI=1S/C24H24N4O3/c1-17-6-5-7-18(16-17)23(30)25-15-14-22(29)26-20-10-12-21(13-11-20)28-24(31)27-19-8-3-2-4-9-19/h2-13,16H,14-15H2,1H3,(H,25,30)(H,26,29)(H2,27,28,31). The Morgan fingerprint density at radius 2 is 1.32 bits per heavy atom. The van der Waals surface area contributed by atoms with Crippen molar-refractivity contribution in [2.75, 3.05) is 22.5 Å². The quantitative estimate of drug-likeness (QED) is 0.459. The Morgan fingerprint density at radius 3 is 1.97 bits per heavy atom. The van der Waals surface area contributed by atoms with Crippen LogP contribution in [0.4, 0.5) is 21.9 Å². The number of urea groups is 1. The van der Waals surface area contributed by atoms with E-state index in [4.69, 9.17) is 0 Å². The van der Waals surface area contributed by atoms with Crippen LogP contribution in [0.5, 0.6) is 0 Å². The Bertz CT molecular complexity index is 1050. The lowest BCUT2D eigenvalue weighted by Gasteiger charge is -2.10. The molecule has 0 aromatic heterocycles. The summed E-state index contributed by atoms with van der Waals surface area (Å²) in [7, 11) is 0. The molecule has 0 unspecified atom stereocenters. The number of aryl methyl sites for hydroxylation is 1. The summed E-state index contributed by atoms with van der Waals surface area (Å²) in [5.74, 6) is -0.423. The molecule has 7 heteroatoms. The second kappa shape index (κ2) is 10.6. The highest BCUT2D eigenvalue weighted by atomic mass is 16.2. The van der Waals surface area contributed by atoms with Crippen LogP contribution >= 0.6 is 0 Å². The second-order valence-corrected chi connectivity index (χ2v) is 6.95. The lowest BCUT2D eigenvalue weighted by Crippen LogP contribution is -2.27. The number of carbonyl (C=O) groups is 3. The van der Waals surface area contributed by atoms with Crippen molar-refractivity contribution in [2.24, 2.45) is 0 Å². The van der Waals surface area contributed by atoms with E-state index in [1.807, 2.05) is 37.3 Å². The van der Waals surface area contributed by atoms with Gasteiger partial charge in [0, 0.05) is 35.6 Å². The van der Waals surface area contributed by atoms with Gasteiger partial charge in [0.15, 0.2) is 0 Å². The Morgan fingerprint density at radius 1 is 0.710 bits per heavy atom. The number of hydrogen-bond donors (Lipinski definition) is 4. The molecule has 4 N–H and O–H groups in total. The second-order valence-electron chi connectivity index (χ2n) is 6.95. The molecule has 4 amide bonds. The fraction of sp³-hybridized carbons (Fsp3) is 0.125. The first kappa shape index (κ1) is 21.6. The molecular formula is C24H24N4O3. The number of amides is 4. The van der Waals surface area contributed by atoms with Crippen molar-refractivity contribution in [3.8, 4) is 0 Å². The van der Waals surface area contributed by atoms with Crippen molar-refractivity contribution in [2.45, 2.75) is 13.3 Å². The lowest BCUT2D eigenvalue weighted by molar-refractivity contribution is -0.116. The fourth-order valence-electron chi connectivity index (χ4n) is 2.85. The molecule has 0 aliphatic carbocycles. The topological polar surface area (TPSA) is 99.3 Å². The summed E-state index contributed by atoms with van der Waals surface area (Å²) < 4.78 is 0. The molecule has 0 saturated carbocycles. The van der Waals surface area contributed by atoms with Crippen molar-refractivity contribution < 1.29 is 14.4 Å². The predicted octanol–water partition coefficient (Wildman–Crippen LogP) is 4.40. The predicted molar refractivity (Wildman–Crippen MR) is 122 cm³/mol. The Hall–Kier alpha value is -4.13. The van der Waals surface area contributed by atoms with Crippen LogP contribution in [0.3, 0.4) is 0 Å². The fourth-order valence-corrected chi connectivity index (χ4v) is 2.85. The van der Waals surface area contributed by atoms with Gasteiger partial charge in [-0.05, 0) is 55.5 Å². The lowest BCUT2D eigenvalue weighted by atomic mass is 10.1. The monoisotopic (exact) mass is 416 g/mol. The number of rotatable bonds is 7. The van der Waals surface area contributed by atoms with Gasteiger partial charge >= 0.3 is 6.03 Å². The molecule has 0 heterocycles. The van der Waals surface area contributed by atoms with Gasteiger partial charge in [-0.2, -0.15) is 0 Å². The first-order valence-corrected chi connectivity index (χ1v) is 9.87. The maximum atomic E-state index is 12.1. The molecule has 0 spiro atoms. The first-order chi connectivity index (χ1) is 15.0. The maximum Gasteiger partial charge on any atom is 0.323 e. The number of carbonyl (C=O) groups excluding carboxylic acids is 3. The minimum atomic E-state index is -0.354. The summed E-state index contributed by atoms with van der Waals surface area (Å²) in [6.45, 7) is 2.15. The van der Waals surface area contributed by atoms with E-state index < -0.39 is 0 Å². The van der Waals surface area contributed by atoms with Crippen molar-refractivity contribution in [3.63, 3.8) is 0 Å². The molecule has 0 atom stereocenters. The smallest absolute Gasteiger partial charge is 0.323 e. The molecule has 3 aromatic rings. The molecule has 0 radical (unpaired) electrons. The van der Waals surface area contributed by atoms with Crippen LogP contribution in [0, 0.1) is 6.92 Å². The highest BCUT2D eigenvalue weighted by Gasteiger charge is 2.08. The molecular weight excluding hydrogens is 392 g/mol. The van der Waals surface area contributed by atoms with E-state index >= 15 is 0 Å². The zero-order chi connectivity index (χ0) is 22.1.